The summed E-state index contributed by atoms with van der Waals surface area (Å²) in [6.45, 7) is 13.1. The molecule has 0 aromatic heterocycles. The Hall–Kier alpha value is -3.28. The first kappa shape index (κ1) is 25.3. The zero-order chi connectivity index (χ0) is 24.8. The summed E-state index contributed by atoms with van der Waals surface area (Å²) in [5, 5.41) is 11.2. The standard InChI is InChI=1S/C28H36N2O4/c1-6-17-30-25(20-9-13-22(14-10-20)29(7-2)8-3)24(27(32)28(30)33)26(31)21-11-15-23(16-12-21)34-18-19(4)5/h9-16,19,25,31H,6-8,17-18H2,1-5H3/b26-24-. The molecule has 6 nitrogen and oxygen atoms in total. The van der Waals surface area contributed by atoms with E-state index in [1.807, 2.05) is 31.2 Å². The lowest BCUT2D eigenvalue weighted by molar-refractivity contribution is -0.139. The molecule has 3 rings (SSSR count). The van der Waals surface area contributed by atoms with Gasteiger partial charge in [-0.1, -0.05) is 32.9 Å². The first-order valence-electron chi connectivity index (χ1n) is 12.2. The lowest BCUT2D eigenvalue weighted by Gasteiger charge is -2.26. The van der Waals surface area contributed by atoms with Crippen LogP contribution >= 0.6 is 0 Å². The van der Waals surface area contributed by atoms with Crippen molar-refractivity contribution in [3.63, 3.8) is 0 Å². The maximum absolute atomic E-state index is 13.1. The van der Waals surface area contributed by atoms with Crippen molar-refractivity contribution >= 4 is 23.1 Å². The molecule has 34 heavy (non-hydrogen) atoms. The van der Waals surface area contributed by atoms with E-state index in [0.717, 1.165) is 24.3 Å². The second-order valence-corrected chi connectivity index (χ2v) is 8.99. The molecule has 2 aromatic carbocycles. The van der Waals surface area contributed by atoms with E-state index in [1.165, 1.54) is 0 Å². The van der Waals surface area contributed by atoms with Crippen molar-refractivity contribution < 1.29 is 19.4 Å². The van der Waals surface area contributed by atoms with E-state index in [9.17, 15) is 14.7 Å². The SMILES string of the molecule is CCCN1C(=O)C(=O)/C(=C(\O)c2ccc(OCC(C)C)cc2)C1c1ccc(N(CC)CC)cc1. The van der Waals surface area contributed by atoms with Crippen LogP contribution in [0.1, 0.15) is 58.2 Å². The van der Waals surface area contributed by atoms with Crippen molar-refractivity contribution in [2.75, 3.05) is 31.1 Å². The molecule has 1 N–H and O–H groups in total. The van der Waals surface area contributed by atoms with Gasteiger partial charge in [0.05, 0.1) is 18.2 Å². The van der Waals surface area contributed by atoms with Crippen molar-refractivity contribution in [3.05, 3.63) is 65.2 Å². The van der Waals surface area contributed by atoms with Gasteiger partial charge in [0.1, 0.15) is 11.5 Å². The molecule has 1 aliphatic heterocycles. The second-order valence-electron chi connectivity index (χ2n) is 8.99. The first-order valence-corrected chi connectivity index (χ1v) is 12.2. The van der Waals surface area contributed by atoms with E-state index in [0.29, 0.717) is 36.8 Å². The Morgan fingerprint density at radius 1 is 1.00 bits per heavy atom. The Labute approximate surface area is 202 Å². The molecule has 1 unspecified atom stereocenters. The van der Waals surface area contributed by atoms with Crippen LogP contribution in [0.15, 0.2) is 54.1 Å². The molecule has 1 fully saturated rings. The van der Waals surface area contributed by atoms with Gasteiger partial charge >= 0.3 is 0 Å². The van der Waals surface area contributed by atoms with Crippen molar-refractivity contribution in [2.45, 2.75) is 47.1 Å². The van der Waals surface area contributed by atoms with Crippen LogP contribution in [0, 0.1) is 5.92 Å². The Balaban J connectivity index is 2.01. The van der Waals surface area contributed by atoms with Crippen LogP contribution in [0.5, 0.6) is 5.75 Å². The molecule has 0 aliphatic carbocycles. The summed E-state index contributed by atoms with van der Waals surface area (Å²) in [6, 6.07) is 14.3. The third-order valence-corrected chi connectivity index (χ3v) is 6.05. The smallest absolute Gasteiger partial charge is 0.295 e. The van der Waals surface area contributed by atoms with Crippen LogP contribution in [-0.2, 0) is 9.59 Å². The zero-order valence-electron chi connectivity index (χ0n) is 20.9. The number of hydrogen-bond donors (Lipinski definition) is 1. The van der Waals surface area contributed by atoms with Gasteiger partial charge in [0.15, 0.2) is 0 Å². The fourth-order valence-electron chi connectivity index (χ4n) is 4.28. The summed E-state index contributed by atoms with van der Waals surface area (Å²) < 4.78 is 5.72. The zero-order valence-corrected chi connectivity index (χ0v) is 20.9. The molecule has 1 heterocycles. The minimum absolute atomic E-state index is 0.130. The van der Waals surface area contributed by atoms with Crippen LogP contribution in [0.3, 0.4) is 0 Å². The topological polar surface area (TPSA) is 70.1 Å². The molecule has 0 spiro atoms. The minimum Gasteiger partial charge on any atom is -0.507 e. The van der Waals surface area contributed by atoms with E-state index in [4.69, 9.17) is 4.74 Å². The quantitative estimate of drug-likeness (QED) is 0.290. The van der Waals surface area contributed by atoms with Crippen molar-refractivity contribution in [1.29, 1.82) is 0 Å². The highest BCUT2D eigenvalue weighted by molar-refractivity contribution is 6.46. The van der Waals surface area contributed by atoms with Crippen LogP contribution < -0.4 is 9.64 Å². The molecule has 1 amide bonds. The van der Waals surface area contributed by atoms with E-state index in [1.54, 1.807) is 29.2 Å². The molecule has 1 aliphatic rings. The van der Waals surface area contributed by atoms with Gasteiger partial charge in [-0.05, 0) is 68.1 Å². The third-order valence-electron chi connectivity index (χ3n) is 6.05. The van der Waals surface area contributed by atoms with Gasteiger partial charge in [0.2, 0.25) is 0 Å². The number of ether oxygens (including phenoxy) is 1. The summed E-state index contributed by atoms with van der Waals surface area (Å²) in [5.74, 6) is -0.289. The number of rotatable bonds is 10. The Kier molecular flexibility index (Phi) is 8.37. The summed E-state index contributed by atoms with van der Waals surface area (Å²) >= 11 is 0. The molecule has 2 aromatic rings. The molecule has 0 saturated carbocycles. The highest BCUT2D eigenvalue weighted by Gasteiger charge is 2.45. The maximum Gasteiger partial charge on any atom is 0.295 e. The number of likely N-dealkylation sites (tertiary alicyclic amines) is 1. The van der Waals surface area contributed by atoms with Gasteiger partial charge < -0.3 is 19.6 Å². The number of aliphatic hydroxyl groups excluding tert-OH is 1. The van der Waals surface area contributed by atoms with Crippen molar-refractivity contribution in [2.24, 2.45) is 5.92 Å². The largest absolute Gasteiger partial charge is 0.507 e. The number of benzene rings is 2. The van der Waals surface area contributed by atoms with Crippen LogP contribution in [0.4, 0.5) is 5.69 Å². The van der Waals surface area contributed by atoms with Gasteiger partial charge in [-0.15, -0.1) is 0 Å². The predicted octanol–water partition coefficient (Wildman–Crippen LogP) is 5.40. The molecule has 182 valence electrons. The van der Waals surface area contributed by atoms with Gasteiger partial charge in [-0.25, -0.2) is 0 Å². The molecular weight excluding hydrogens is 428 g/mol. The van der Waals surface area contributed by atoms with Gasteiger partial charge in [-0.2, -0.15) is 0 Å². The molecule has 0 bridgehead atoms. The Bertz CT molecular complexity index is 1020. The first-order chi connectivity index (χ1) is 16.3. The highest BCUT2D eigenvalue weighted by atomic mass is 16.5. The monoisotopic (exact) mass is 464 g/mol. The fraction of sp³-hybridized carbons (Fsp3) is 0.429. The van der Waals surface area contributed by atoms with Gasteiger partial charge in [-0.3, -0.25) is 9.59 Å². The van der Waals surface area contributed by atoms with Gasteiger partial charge in [0.25, 0.3) is 11.7 Å². The highest BCUT2D eigenvalue weighted by Crippen LogP contribution is 2.40. The Morgan fingerprint density at radius 2 is 1.62 bits per heavy atom. The number of ketones is 1. The number of nitrogens with zero attached hydrogens (tertiary/aromatic N) is 2. The Morgan fingerprint density at radius 3 is 2.15 bits per heavy atom. The van der Waals surface area contributed by atoms with E-state index >= 15 is 0 Å². The number of hydrogen-bond acceptors (Lipinski definition) is 5. The van der Waals surface area contributed by atoms with Crippen molar-refractivity contribution in [3.8, 4) is 5.75 Å². The number of Topliss-reactive ketones (excluding diaryl/α,β-unsaturated/α-hetero) is 1. The fourth-order valence-corrected chi connectivity index (χ4v) is 4.28. The van der Waals surface area contributed by atoms with Crippen LogP contribution in [-0.4, -0.2) is 47.9 Å². The number of anilines is 1. The van der Waals surface area contributed by atoms with E-state index in [2.05, 4.69) is 32.6 Å². The minimum atomic E-state index is -0.649. The second kappa shape index (κ2) is 11.2. The summed E-state index contributed by atoms with van der Waals surface area (Å²) in [4.78, 5) is 29.8. The van der Waals surface area contributed by atoms with Crippen LogP contribution in [0.2, 0.25) is 0 Å². The predicted molar refractivity (Wildman–Crippen MR) is 136 cm³/mol. The molecule has 1 atom stereocenters. The number of carbonyl (C=O) groups excluding carboxylic acids is 2. The maximum atomic E-state index is 13.1. The number of carbonyl (C=O) groups is 2. The molecule has 1 saturated heterocycles. The average molecular weight is 465 g/mol. The lowest BCUT2D eigenvalue weighted by atomic mass is 9.95. The summed E-state index contributed by atoms with van der Waals surface area (Å²) in [5.41, 5.74) is 2.50. The van der Waals surface area contributed by atoms with Crippen molar-refractivity contribution in [1.82, 2.24) is 4.90 Å². The number of amides is 1. The summed E-state index contributed by atoms with van der Waals surface area (Å²) in [6.07, 6.45) is 0.711. The molecule has 6 heteroatoms. The average Bonchev–Trinajstić information content (AvgIpc) is 3.09. The van der Waals surface area contributed by atoms with E-state index < -0.39 is 17.7 Å². The molecular formula is C28H36N2O4. The van der Waals surface area contributed by atoms with Gasteiger partial charge in [0, 0.05) is 30.9 Å². The van der Waals surface area contributed by atoms with Crippen LogP contribution in [0.25, 0.3) is 5.76 Å². The van der Waals surface area contributed by atoms with E-state index in [-0.39, 0.29) is 11.3 Å². The number of aliphatic hydroxyl groups is 1. The lowest BCUT2D eigenvalue weighted by Crippen LogP contribution is -2.30. The molecule has 0 radical (unpaired) electrons. The normalized spacial score (nSPS) is 17.5. The summed E-state index contributed by atoms with van der Waals surface area (Å²) in [7, 11) is 0. The third kappa shape index (κ3) is 5.27.